The third-order valence-electron chi connectivity index (χ3n) is 3.99. The number of thioether (sulfide) groups is 1. The van der Waals surface area contributed by atoms with Crippen LogP contribution in [0.5, 0.6) is 5.75 Å². The number of amides is 2. The topological polar surface area (TPSA) is 68.3 Å². The van der Waals surface area contributed by atoms with Crippen molar-refractivity contribution in [2.45, 2.75) is 31.4 Å². The Morgan fingerprint density at radius 1 is 1.20 bits per heavy atom. The van der Waals surface area contributed by atoms with Gasteiger partial charge in [0.25, 0.3) is 5.24 Å². The Hall–Kier alpha value is -2.34. The number of ether oxygens (including phenoxy) is 1. The van der Waals surface area contributed by atoms with Crippen LogP contribution in [0.2, 0.25) is 1.41 Å². The van der Waals surface area contributed by atoms with Crippen LogP contribution in [0.1, 0.15) is 23.7 Å². The first kappa shape index (κ1) is 16.1. The molecule has 1 aliphatic rings. The number of aromatic nitrogens is 1. The van der Waals surface area contributed by atoms with Gasteiger partial charge in [0.2, 0.25) is 5.91 Å². The van der Waals surface area contributed by atoms with E-state index in [1.54, 1.807) is 0 Å². The van der Waals surface area contributed by atoms with Crippen molar-refractivity contribution in [2.24, 2.45) is 0 Å². The normalized spacial score (nSPS) is 17.7. The zero-order valence-corrected chi connectivity index (χ0v) is 14.8. The van der Waals surface area contributed by atoms with Gasteiger partial charge in [-0.2, -0.15) is 0 Å². The van der Waals surface area contributed by atoms with Crippen LogP contribution in [0.25, 0.3) is 0 Å². The minimum atomic E-state index is -0.513. The Kier molecular flexibility index (Phi) is 5.27. The molecule has 0 aliphatic carbocycles. The van der Waals surface area contributed by atoms with E-state index in [0.717, 1.165) is 41.6 Å². The number of aryl methyl sites for hydroxylation is 1. The summed E-state index contributed by atoms with van der Waals surface area (Å²) in [6.07, 6.45) is 4.04. The number of nitrogens with one attached hydrogen (secondary N) is 1. The average Bonchev–Trinajstić information content (AvgIpc) is 2.90. The summed E-state index contributed by atoms with van der Waals surface area (Å²) in [4.78, 5) is 27.5. The maximum atomic E-state index is 11.8. The van der Waals surface area contributed by atoms with Crippen LogP contribution < -0.4 is 10.0 Å². The first-order chi connectivity index (χ1) is 12.6. The number of hydrogen-bond acceptors (Lipinski definition) is 5. The lowest BCUT2D eigenvalue weighted by Gasteiger charge is -2.09. The first-order valence-electron chi connectivity index (χ1n) is 8.70. The molecule has 1 aromatic carbocycles. The summed E-state index contributed by atoms with van der Waals surface area (Å²) in [5.74, 6) is 0.296. The average molecular weight is 357 g/mol. The fraction of sp³-hybridized carbons (Fsp3) is 0.316. The molecule has 0 saturated carbocycles. The van der Waals surface area contributed by atoms with Gasteiger partial charge in [-0.25, -0.2) is 0 Å². The maximum Gasteiger partial charge on any atom is 0.286 e. The highest BCUT2D eigenvalue weighted by Crippen LogP contribution is 2.23. The van der Waals surface area contributed by atoms with E-state index in [2.05, 4.69) is 18.0 Å². The van der Waals surface area contributed by atoms with E-state index < -0.39 is 16.4 Å². The van der Waals surface area contributed by atoms with Crippen molar-refractivity contribution in [1.29, 1.82) is 0 Å². The van der Waals surface area contributed by atoms with Crippen LogP contribution in [0.15, 0.2) is 42.6 Å². The van der Waals surface area contributed by atoms with Crippen molar-refractivity contribution in [1.82, 2.24) is 10.3 Å². The summed E-state index contributed by atoms with van der Waals surface area (Å²) in [6, 6.07) is 11.6. The predicted octanol–water partition coefficient (Wildman–Crippen LogP) is 3.16. The molecule has 1 N–H and O–H groups in total. The lowest BCUT2D eigenvalue weighted by Crippen LogP contribution is -2.25. The molecule has 1 fully saturated rings. The van der Waals surface area contributed by atoms with Crippen molar-refractivity contribution in [3.63, 3.8) is 0 Å². The molecule has 1 atom stereocenters. The van der Waals surface area contributed by atoms with E-state index in [4.69, 9.17) is 6.15 Å². The molecule has 3 rings (SSSR count). The predicted molar refractivity (Wildman–Crippen MR) is 97.9 cm³/mol. The molecule has 6 heteroatoms. The van der Waals surface area contributed by atoms with Crippen LogP contribution in [0.3, 0.4) is 0 Å². The second kappa shape index (κ2) is 8.16. The maximum absolute atomic E-state index is 11.8. The molecule has 0 radical (unpaired) electrons. The molecule has 2 aromatic rings. The standard InChI is InChI=1S/C19H20N2O3S/c1-2-13-3-6-15(20-12-13)9-10-24-16-7-4-14(5-8-16)11-17-18(22)21-19(23)25-17/h3-8,12,17H,2,9-11H2,1H3,(H,21,22,23)/i/hD. The molecule has 130 valence electrons. The molecule has 1 aliphatic heterocycles. The second-order valence-electron chi connectivity index (χ2n) is 5.78. The Bertz CT molecular complexity index is 780. The SMILES string of the molecule is [2H]N1C(=O)SC(Cc2ccc(OCCc3ccc(CC)cn3)cc2)C1=O. The highest BCUT2D eigenvalue weighted by atomic mass is 32.2. The van der Waals surface area contributed by atoms with E-state index in [-0.39, 0.29) is 0 Å². The molecule has 0 spiro atoms. The molecule has 5 nitrogen and oxygen atoms in total. The van der Waals surface area contributed by atoms with E-state index in [1.165, 1.54) is 5.56 Å². The van der Waals surface area contributed by atoms with Gasteiger partial charge >= 0.3 is 0 Å². The molecule has 2 amide bonds. The number of carbonyl (C=O) groups is 2. The first-order valence-corrected chi connectivity index (χ1v) is 9.13. The third-order valence-corrected chi connectivity index (χ3v) is 4.93. The molecular weight excluding hydrogens is 336 g/mol. The Balaban J connectivity index is 1.48. The van der Waals surface area contributed by atoms with Gasteiger partial charge in [0.1, 0.15) is 5.75 Å². The van der Waals surface area contributed by atoms with E-state index in [9.17, 15) is 9.59 Å². The molecular formula is C19H20N2O3S. The van der Waals surface area contributed by atoms with Gasteiger partial charge in [-0.3, -0.25) is 19.9 Å². The zero-order valence-electron chi connectivity index (χ0n) is 15.0. The summed E-state index contributed by atoms with van der Waals surface area (Å²) in [5, 5.41) is -0.585. The quantitative estimate of drug-likeness (QED) is 0.824. The zero-order chi connectivity index (χ0) is 18.5. The van der Waals surface area contributed by atoms with Gasteiger partial charge in [0.05, 0.1) is 11.9 Å². The third kappa shape index (κ3) is 4.82. The summed E-state index contributed by atoms with van der Waals surface area (Å²) in [5.41, 5.74) is 3.16. The lowest BCUT2D eigenvalue weighted by molar-refractivity contribution is -0.118. The highest BCUT2D eigenvalue weighted by molar-refractivity contribution is 8.15. The van der Waals surface area contributed by atoms with Crippen molar-refractivity contribution >= 4 is 22.9 Å². The smallest absolute Gasteiger partial charge is 0.286 e. The fourth-order valence-electron chi connectivity index (χ4n) is 2.51. The van der Waals surface area contributed by atoms with Crippen molar-refractivity contribution in [2.75, 3.05) is 6.61 Å². The molecule has 2 heterocycles. The van der Waals surface area contributed by atoms with Crippen LogP contribution in [-0.4, -0.2) is 28.0 Å². The summed E-state index contributed by atoms with van der Waals surface area (Å²) in [6.45, 7) is 2.64. The van der Waals surface area contributed by atoms with Gasteiger partial charge in [0.15, 0.2) is 1.41 Å². The molecule has 1 aromatic heterocycles. The van der Waals surface area contributed by atoms with Gasteiger partial charge < -0.3 is 4.74 Å². The highest BCUT2D eigenvalue weighted by Gasteiger charge is 2.31. The van der Waals surface area contributed by atoms with Crippen LogP contribution in [0.4, 0.5) is 4.79 Å². The summed E-state index contributed by atoms with van der Waals surface area (Å²) in [7, 11) is 0. The Morgan fingerprint density at radius 2 is 1.96 bits per heavy atom. The van der Waals surface area contributed by atoms with Crippen molar-refractivity contribution in [3.05, 3.63) is 59.4 Å². The molecule has 0 bridgehead atoms. The number of carbonyl (C=O) groups excluding carboxylic acids is 2. The van der Waals surface area contributed by atoms with Gasteiger partial charge in [-0.15, -0.1) is 0 Å². The van der Waals surface area contributed by atoms with Gasteiger partial charge in [-0.1, -0.05) is 36.9 Å². The number of hydrogen-bond donors (Lipinski definition) is 1. The van der Waals surface area contributed by atoms with E-state index in [0.29, 0.717) is 18.3 Å². The number of imide groups is 1. The summed E-state index contributed by atoms with van der Waals surface area (Å²) >= 11 is 0.907. The van der Waals surface area contributed by atoms with Gasteiger partial charge in [0, 0.05) is 18.3 Å². The summed E-state index contributed by atoms with van der Waals surface area (Å²) < 4.78 is 13.1. The minimum absolute atomic E-state index is 0.429. The number of rotatable bonds is 7. The van der Waals surface area contributed by atoms with Crippen LogP contribution in [-0.2, 0) is 24.1 Å². The van der Waals surface area contributed by atoms with Crippen LogP contribution >= 0.6 is 11.8 Å². The molecule has 25 heavy (non-hydrogen) atoms. The van der Waals surface area contributed by atoms with E-state index in [1.807, 2.05) is 36.5 Å². The number of pyridine rings is 1. The minimum Gasteiger partial charge on any atom is -0.493 e. The Labute approximate surface area is 152 Å². The number of benzene rings is 1. The van der Waals surface area contributed by atoms with Crippen molar-refractivity contribution in [3.8, 4) is 5.75 Å². The Morgan fingerprint density at radius 3 is 2.56 bits per heavy atom. The van der Waals surface area contributed by atoms with Crippen LogP contribution in [0, 0.1) is 0 Å². The molecule has 1 saturated heterocycles. The van der Waals surface area contributed by atoms with Crippen molar-refractivity contribution < 1.29 is 15.7 Å². The second-order valence-corrected chi connectivity index (χ2v) is 6.93. The lowest BCUT2D eigenvalue weighted by atomic mass is 10.1. The fourth-order valence-corrected chi connectivity index (χ4v) is 3.33. The van der Waals surface area contributed by atoms with Gasteiger partial charge in [-0.05, 0) is 42.2 Å². The molecule has 1 unspecified atom stereocenters. The van der Waals surface area contributed by atoms with E-state index >= 15 is 0 Å². The monoisotopic (exact) mass is 357 g/mol. The largest absolute Gasteiger partial charge is 0.493 e. The number of nitrogens with zero attached hydrogens (tertiary/aromatic N) is 1.